The molecule has 0 radical (unpaired) electrons. The van der Waals surface area contributed by atoms with E-state index in [1.807, 2.05) is 6.07 Å². The van der Waals surface area contributed by atoms with Crippen LogP contribution in [0.25, 0.3) is 11.1 Å². The first-order chi connectivity index (χ1) is 9.29. The minimum Gasteiger partial charge on any atom is -0.494 e. The summed E-state index contributed by atoms with van der Waals surface area (Å²) in [5.74, 6) is 1.70. The molecule has 0 spiro atoms. The van der Waals surface area contributed by atoms with Crippen LogP contribution in [0, 0.1) is 5.92 Å². The smallest absolute Gasteiger partial charge is 0.119 e. The Bertz CT molecular complexity index is 473. The highest BCUT2D eigenvalue weighted by atomic mass is 16.5. The molecule has 0 N–H and O–H groups in total. The fourth-order valence-electron chi connectivity index (χ4n) is 1.96. The quantitative estimate of drug-likeness (QED) is 0.691. The van der Waals surface area contributed by atoms with E-state index in [0.717, 1.165) is 24.7 Å². The molecule has 0 aromatic heterocycles. The van der Waals surface area contributed by atoms with Crippen molar-refractivity contribution >= 4 is 0 Å². The molecule has 0 saturated heterocycles. The molecule has 1 atom stereocenters. The van der Waals surface area contributed by atoms with Gasteiger partial charge >= 0.3 is 0 Å². The van der Waals surface area contributed by atoms with Crippen molar-refractivity contribution in [3.05, 3.63) is 54.6 Å². The second kappa shape index (κ2) is 6.98. The van der Waals surface area contributed by atoms with Crippen LogP contribution in [0.2, 0.25) is 0 Å². The van der Waals surface area contributed by atoms with Gasteiger partial charge in [0.05, 0.1) is 6.61 Å². The van der Waals surface area contributed by atoms with Crippen LogP contribution in [-0.2, 0) is 0 Å². The SMILES string of the molecule is CC[C@H](C)CCOc1ccc(-c2ccccc2)cc1. The third-order valence-corrected chi connectivity index (χ3v) is 3.54. The molecule has 19 heavy (non-hydrogen) atoms. The molecule has 0 amide bonds. The Morgan fingerprint density at radius 2 is 1.53 bits per heavy atom. The lowest BCUT2D eigenvalue weighted by Crippen LogP contribution is -2.03. The second-order valence-electron chi connectivity index (χ2n) is 5.04. The molecule has 1 nitrogen and oxygen atoms in total. The van der Waals surface area contributed by atoms with Crippen molar-refractivity contribution in [2.24, 2.45) is 5.92 Å². The average molecular weight is 254 g/mol. The highest BCUT2D eigenvalue weighted by Crippen LogP contribution is 2.22. The maximum absolute atomic E-state index is 5.77. The minimum atomic E-state index is 0.739. The zero-order valence-corrected chi connectivity index (χ0v) is 11.8. The summed E-state index contributed by atoms with van der Waals surface area (Å²) in [5, 5.41) is 0. The van der Waals surface area contributed by atoms with Crippen molar-refractivity contribution in [2.45, 2.75) is 26.7 Å². The summed E-state index contributed by atoms with van der Waals surface area (Å²) in [5.41, 5.74) is 2.48. The number of ether oxygens (including phenoxy) is 1. The summed E-state index contributed by atoms with van der Waals surface area (Å²) in [6, 6.07) is 18.8. The molecule has 0 aliphatic heterocycles. The van der Waals surface area contributed by atoms with Crippen LogP contribution in [0.4, 0.5) is 0 Å². The first kappa shape index (κ1) is 13.7. The van der Waals surface area contributed by atoms with E-state index in [9.17, 15) is 0 Å². The minimum absolute atomic E-state index is 0.739. The predicted molar refractivity (Wildman–Crippen MR) is 81.4 cm³/mol. The average Bonchev–Trinajstić information content (AvgIpc) is 2.48. The van der Waals surface area contributed by atoms with Crippen LogP contribution in [0.3, 0.4) is 0 Å². The van der Waals surface area contributed by atoms with Gasteiger partial charge in [0.1, 0.15) is 5.75 Å². The molecular formula is C18H22O. The van der Waals surface area contributed by atoms with E-state index in [-0.39, 0.29) is 0 Å². The highest BCUT2D eigenvalue weighted by Gasteiger charge is 2.00. The van der Waals surface area contributed by atoms with Crippen molar-refractivity contribution in [1.82, 2.24) is 0 Å². The molecule has 2 aromatic carbocycles. The Morgan fingerprint density at radius 1 is 0.895 bits per heavy atom. The van der Waals surface area contributed by atoms with Gasteiger partial charge in [0.25, 0.3) is 0 Å². The summed E-state index contributed by atoms with van der Waals surface area (Å²) in [7, 11) is 0. The summed E-state index contributed by atoms with van der Waals surface area (Å²) < 4.78 is 5.77. The fraction of sp³-hybridized carbons (Fsp3) is 0.333. The van der Waals surface area contributed by atoms with E-state index in [1.165, 1.54) is 17.5 Å². The third-order valence-electron chi connectivity index (χ3n) is 3.54. The summed E-state index contributed by atoms with van der Waals surface area (Å²) >= 11 is 0. The molecule has 1 heteroatoms. The maximum atomic E-state index is 5.77. The Balaban J connectivity index is 1.92. The van der Waals surface area contributed by atoms with Crippen LogP contribution in [0.5, 0.6) is 5.75 Å². The molecule has 2 aromatic rings. The van der Waals surface area contributed by atoms with Crippen molar-refractivity contribution in [2.75, 3.05) is 6.61 Å². The molecule has 0 unspecified atom stereocenters. The van der Waals surface area contributed by atoms with Crippen molar-refractivity contribution in [1.29, 1.82) is 0 Å². The lowest BCUT2D eigenvalue weighted by atomic mass is 10.1. The number of rotatable bonds is 6. The van der Waals surface area contributed by atoms with Gasteiger partial charge in [-0.15, -0.1) is 0 Å². The van der Waals surface area contributed by atoms with E-state index < -0.39 is 0 Å². The molecule has 0 aliphatic rings. The first-order valence-corrected chi connectivity index (χ1v) is 7.08. The fourth-order valence-corrected chi connectivity index (χ4v) is 1.96. The lowest BCUT2D eigenvalue weighted by Gasteiger charge is -2.10. The zero-order valence-electron chi connectivity index (χ0n) is 11.8. The van der Waals surface area contributed by atoms with E-state index in [0.29, 0.717) is 0 Å². The van der Waals surface area contributed by atoms with E-state index in [1.54, 1.807) is 0 Å². The monoisotopic (exact) mass is 254 g/mol. The lowest BCUT2D eigenvalue weighted by molar-refractivity contribution is 0.282. The molecule has 0 fully saturated rings. The normalized spacial score (nSPS) is 12.1. The van der Waals surface area contributed by atoms with Crippen molar-refractivity contribution < 1.29 is 4.74 Å². The first-order valence-electron chi connectivity index (χ1n) is 7.08. The molecule has 0 saturated carbocycles. The van der Waals surface area contributed by atoms with Crippen LogP contribution >= 0.6 is 0 Å². The standard InChI is InChI=1S/C18H22O/c1-3-15(2)13-14-19-18-11-9-17(10-12-18)16-7-5-4-6-8-16/h4-12,15H,3,13-14H2,1-2H3/t15-/m0/s1. The summed E-state index contributed by atoms with van der Waals surface area (Å²) in [4.78, 5) is 0. The Morgan fingerprint density at radius 3 is 2.16 bits per heavy atom. The Labute approximate surface area is 116 Å². The molecular weight excluding hydrogens is 232 g/mol. The highest BCUT2D eigenvalue weighted by molar-refractivity contribution is 5.63. The zero-order chi connectivity index (χ0) is 13.5. The van der Waals surface area contributed by atoms with Crippen LogP contribution in [-0.4, -0.2) is 6.61 Å². The van der Waals surface area contributed by atoms with E-state index in [2.05, 4.69) is 62.4 Å². The van der Waals surface area contributed by atoms with Gasteiger partial charge in [0.15, 0.2) is 0 Å². The molecule has 0 aliphatic carbocycles. The van der Waals surface area contributed by atoms with Gasteiger partial charge in [-0.05, 0) is 35.6 Å². The van der Waals surface area contributed by atoms with Gasteiger partial charge in [-0.2, -0.15) is 0 Å². The number of hydrogen-bond donors (Lipinski definition) is 0. The van der Waals surface area contributed by atoms with Gasteiger partial charge < -0.3 is 4.74 Å². The third kappa shape index (κ3) is 4.13. The van der Waals surface area contributed by atoms with Crippen LogP contribution in [0.1, 0.15) is 26.7 Å². The number of hydrogen-bond acceptors (Lipinski definition) is 1. The molecule has 100 valence electrons. The predicted octanol–water partition coefficient (Wildman–Crippen LogP) is 5.17. The summed E-state index contributed by atoms with van der Waals surface area (Å²) in [6.07, 6.45) is 2.34. The number of benzene rings is 2. The molecule has 2 rings (SSSR count). The van der Waals surface area contributed by atoms with E-state index >= 15 is 0 Å². The molecule has 0 bridgehead atoms. The maximum Gasteiger partial charge on any atom is 0.119 e. The Kier molecular flexibility index (Phi) is 5.02. The van der Waals surface area contributed by atoms with Crippen LogP contribution in [0.15, 0.2) is 54.6 Å². The topological polar surface area (TPSA) is 9.23 Å². The Hall–Kier alpha value is -1.76. The van der Waals surface area contributed by atoms with Gasteiger partial charge in [0, 0.05) is 0 Å². The summed E-state index contributed by atoms with van der Waals surface area (Å²) in [6.45, 7) is 5.29. The largest absolute Gasteiger partial charge is 0.494 e. The van der Waals surface area contributed by atoms with Crippen molar-refractivity contribution in [3.63, 3.8) is 0 Å². The van der Waals surface area contributed by atoms with Gasteiger partial charge in [-0.1, -0.05) is 62.7 Å². The van der Waals surface area contributed by atoms with Crippen molar-refractivity contribution in [3.8, 4) is 16.9 Å². The van der Waals surface area contributed by atoms with Gasteiger partial charge in [-0.25, -0.2) is 0 Å². The van der Waals surface area contributed by atoms with Gasteiger partial charge in [-0.3, -0.25) is 0 Å². The molecule has 0 heterocycles. The van der Waals surface area contributed by atoms with E-state index in [4.69, 9.17) is 4.74 Å². The van der Waals surface area contributed by atoms with Crippen LogP contribution < -0.4 is 4.74 Å². The van der Waals surface area contributed by atoms with Gasteiger partial charge in [0.2, 0.25) is 0 Å². The second-order valence-corrected chi connectivity index (χ2v) is 5.04.